The van der Waals surface area contributed by atoms with Crippen molar-refractivity contribution in [2.75, 3.05) is 5.32 Å². The van der Waals surface area contributed by atoms with Crippen LogP contribution in [0.5, 0.6) is 0 Å². The predicted molar refractivity (Wildman–Crippen MR) is 69.9 cm³/mol. The van der Waals surface area contributed by atoms with Crippen LogP contribution >= 0.6 is 0 Å². The lowest BCUT2D eigenvalue weighted by atomic mass is 10.1. The maximum absolute atomic E-state index is 13.4. The molecule has 5 nitrogen and oxygen atoms in total. The van der Waals surface area contributed by atoms with Crippen LogP contribution in [-0.4, -0.2) is 22.0 Å². The molecule has 1 heterocycles. The van der Waals surface area contributed by atoms with Crippen LogP contribution < -0.4 is 5.32 Å². The number of pyridine rings is 1. The molecule has 2 aromatic rings. The largest absolute Gasteiger partial charge is 0.478 e. The minimum absolute atomic E-state index is 0.130. The molecule has 0 aliphatic heterocycles. The molecule has 0 bridgehead atoms. The molecule has 0 atom stereocenters. The van der Waals surface area contributed by atoms with Gasteiger partial charge in [-0.2, -0.15) is 0 Å². The first kappa shape index (κ1) is 13.7. The summed E-state index contributed by atoms with van der Waals surface area (Å²) >= 11 is 0. The molecule has 102 valence electrons. The Kier molecular flexibility index (Phi) is 4.05. The number of carboxylic acid groups (broad SMARTS) is 1. The maximum Gasteiger partial charge on any atom is 0.338 e. The van der Waals surface area contributed by atoms with Gasteiger partial charge in [-0.3, -0.25) is 9.78 Å². The van der Waals surface area contributed by atoms with E-state index in [9.17, 15) is 14.0 Å². The third-order valence-electron chi connectivity index (χ3n) is 2.60. The molecule has 0 aliphatic rings. The van der Waals surface area contributed by atoms with Gasteiger partial charge in [0.15, 0.2) is 0 Å². The number of anilines is 1. The van der Waals surface area contributed by atoms with Gasteiger partial charge in [-0.05, 0) is 35.9 Å². The second-order valence-electron chi connectivity index (χ2n) is 4.08. The van der Waals surface area contributed by atoms with Crippen LogP contribution in [0.25, 0.3) is 0 Å². The first-order valence-corrected chi connectivity index (χ1v) is 5.78. The summed E-state index contributed by atoms with van der Waals surface area (Å²) in [5.41, 5.74) is 0.559. The van der Waals surface area contributed by atoms with Gasteiger partial charge in [0.05, 0.1) is 12.0 Å². The number of carbonyl (C=O) groups is 2. The molecule has 0 spiro atoms. The van der Waals surface area contributed by atoms with Crippen molar-refractivity contribution in [1.29, 1.82) is 0 Å². The highest BCUT2D eigenvalue weighted by molar-refractivity contribution is 5.93. The van der Waals surface area contributed by atoms with Gasteiger partial charge in [-0.1, -0.05) is 0 Å². The van der Waals surface area contributed by atoms with Crippen molar-refractivity contribution in [3.63, 3.8) is 0 Å². The monoisotopic (exact) mass is 274 g/mol. The molecule has 1 aromatic heterocycles. The van der Waals surface area contributed by atoms with Crippen LogP contribution in [0.3, 0.4) is 0 Å². The highest BCUT2D eigenvalue weighted by Gasteiger charge is 2.11. The summed E-state index contributed by atoms with van der Waals surface area (Å²) in [5, 5.41) is 11.2. The van der Waals surface area contributed by atoms with Gasteiger partial charge in [0.25, 0.3) is 0 Å². The van der Waals surface area contributed by atoms with Crippen LogP contribution in [0.2, 0.25) is 0 Å². The number of rotatable bonds is 4. The number of nitrogens with zero attached hydrogens (tertiary/aromatic N) is 1. The van der Waals surface area contributed by atoms with Gasteiger partial charge in [0.2, 0.25) is 5.91 Å². The summed E-state index contributed by atoms with van der Waals surface area (Å²) < 4.78 is 13.4. The van der Waals surface area contributed by atoms with Crippen LogP contribution in [0, 0.1) is 5.82 Å². The molecule has 6 heteroatoms. The number of nitrogens with one attached hydrogen (secondary N) is 1. The molecule has 2 rings (SSSR count). The number of aromatic nitrogens is 1. The highest BCUT2D eigenvalue weighted by Crippen LogP contribution is 2.15. The van der Waals surface area contributed by atoms with Gasteiger partial charge in [0.1, 0.15) is 5.82 Å². The van der Waals surface area contributed by atoms with Gasteiger partial charge in [-0.15, -0.1) is 0 Å². The lowest BCUT2D eigenvalue weighted by molar-refractivity contribution is -0.115. The summed E-state index contributed by atoms with van der Waals surface area (Å²) in [7, 11) is 0. The Bertz CT molecular complexity index is 644. The minimum atomic E-state index is -1.35. The Morgan fingerprint density at radius 3 is 2.50 bits per heavy atom. The van der Waals surface area contributed by atoms with Gasteiger partial charge >= 0.3 is 5.97 Å². The molecule has 0 saturated heterocycles. The van der Waals surface area contributed by atoms with E-state index in [1.54, 1.807) is 24.5 Å². The fourth-order valence-corrected chi connectivity index (χ4v) is 1.66. The average Bonchev–Trinajstić information content (AvgIpc) is 2.39. The number of benzene rings is 1. The van der Waals surface area contributed by atoms with Crippen LogP contribution in [-0.2, 0) is 11.2 Å². The van der Waals surface area contributed by atoms with E-state index in [4.69, 9.17) is 5.11 Å². The quantitative estimate of drug-likeness (QED) is 0.894. The number of aromatic carboxylic acids is 1. The first-order chi connectivity index (χ1) is 9.56. The minimum Gasteiger partial charge on any atom is -0.478 e. The van der Waals surface area contributed by atoms with Gasteiger partial charge in [0, 0.05) is 18.1 Å². The van der Waals surface area contributed by atoms with Gasteiger partial charge < -0.3 is 10.4 Å². The number of halogens is 1. The summed E-state index contributed by atoms with van der Waals surface area (Å²) in [5.74, 6) is -2.56. The molecule has 1 amide bonds. The summed E-state index contributed by atoms with van der Waals surface area (Å²) in [6.45, 7) is 0. The molecule has 1 aromatic carbocycles. The van der Waals surface area contributed by atoms with E-state index in [2.05, 4.69) is 10.3 Å². The highest BCUT2D eigenvalue weighted by atomic mass is 19.1. The number of hydrogen-bond acceptors (Lipinski definition) is 3. The topological polar surface area (TPSA) is 79.3 Å². The van der Waals surface area contributed by atoms with E-state index < -0.39 is 17.3 Å². The van der Waals surface area contributed by atoms with E-state index >= 15 is 0 Å². The predicted octanol–water partition coefficient (Wildman–Crippen LogP) is 2.10. The second-order valence-corrected chi connectivity index (χ2v) is 4.08. The molecule has 0 radical (unpaired) electrons. The number of carboxylic acids is 1. The zero-order chi connectivity index (χ0) is 14.5. The van der Waals surface area contributed by atoms with E-state index in [-0.39, 0.29) is 18.0 Å². The standard InChI is InChI=1S/C14H11FN2O3/c15-12-8-10(1-2-11(12)14(19)20)17-13(18)7-9-3-5-16-6-4-9/h1-6,8H,7H2,(H,17,18)(H,19,20). The van der Waals surface area contributed by atoms with Gasteiger partial charge in [-0.25, -0.2) is 9.18 Å². The Morgan fingerprint density at radius 1 is 1.20 bits per heavy atom. The van der Waals surface area contributed by atoms with Crippen molar-refractivity contribution in [2.24, 2.45) is 0 Å². The Labute approximate surface area is 114 Å². The van der Waals surface area contributed by atoms with Crippen molar-refractivity contribution >= 4 is 17.6 Å². The first-order valence-electron chi connectivity index (χ1n) is 5.78. The SMILES string of the molecule is O=C(Cc1ccncc1)Nc1ccc(C(=O)O)c(F)c1. The molecule has 0 saturated carbocycles. The van der Waals surface area contributed by atoms with Crippen molar-refractivity contribution in [3.8, 4) is 0 Å². The number of amides is 1. The summed E-state index contributed by atoms with van der Waals surface area (Å²) in [4.78, 5) is 26.2. The Hall–Kier alpha value is -2.76. The van der Waals surface area contributed by atoms with Crippen molar-refractivity contribution in [2.45, 2.75) is 6.42 Å². The van der Waals surface area contributed by atoms with Crippen molar-refractivity contribution < 1.29 is 19.1 Å². The fraction of sp³-hybridized carbons (Fsp3) is 0.0714. The third kappa shape index (κ3) is 3.38. The van der Waals surface area contributed by atoms with E-state index in [0.29, 0.717) is 0 Å². The summed E-state index contributed by atoms with van der Waals surface area (Å²) in [6.07, 6.45) is 3.28. The molecule has 20 heavy (non-hydrogen) atoms. The Morgan fingerprint density at radius 2 is 1.90 bits per heavy atom. The molecular formula is C14H11FN2O3. The lowest BCUT2D eigenvalue weighted by Crippen LogP contribution is -2.15. The normalized spacial score (nSPS) is 10.1. The van der Waals surface area contributed by atoms with E-state index in [1.165, 1.54) is 6.07 Å². The van der Waals surface area contributed by atoms with E-state index in [0.717, 1.165) is 17.7 Å². The molecule has 0 fully saturated rings. The zero-order valence-electron chi connectivity index (χ0n) is 10.3. The maximum atomic E-state index is 13.4. The molecule has 0 aliphatic carbocycles. The summed E-state index contributed by atoms with van der Waals surface area (Å²) in [6, 6.07) is 6.84. The second kappa shape index (κ2) is 5.92. The molecular weight excluding hydrogens is 263 g/mol. The number of carbonyl (C=O) groups excluding carboxylic acids is 1. The van der Waals surface area contributed by atoms with E-state index in [1.807, 2.05) is 0 Å². The molecule has 0 unspecified atom stereocenters. The smallest absolute Gasteiger partial charge is 0.338 e. The zero-order valence-corrected chi connectivity index (χ0v) is 10.3. The Balaban J connectivity index is 2.05. The lowest BCUT2D eigenvalue weighted by Gasteiger charge is -2.06. The van der Waals surface area contributed by atoms with Crippen LogP contribution in [0.15, 0.2) is 42.7 Å². The van der Waals surface area contributed by atoms with Crippen molar-refractivity contribution in [3.05, 3.63) is 59.7 Å². The van der Waals surface area contributed by atoms with Crippen molar-refractivity contribution in [1.82, 2.24) is 4.98 Å². The number of hydrogen-bond donors (Lipinski definition) is 2. The van der Waals surface area contributed by atoms with Crippen LogP contribution in [0.4, 0.5) is 10.1 Å². The molecule has 2 N–H and O–H groups in total. The van der Waals surface area contributed by atoms with Crippen LogP contribution in [0.1, 0.15) is 15.9 Å². The average molecular weight is 274 g/mol. The fourth-order valence-electron chi connectivity index (χ4n) is 1.66. The third-order valence-corrected chi connectivity index (χ3v) is 2.60.